The summed E-state index contributed by atoms with van der Waals surface area (Å²) in [4.78, 5) is 12.1. The molecule has 1 amide bonds. The Bertz CT molecular complexity index is 651. The largest absolute Gasteiger partial charge is 0.349 e. The van der Waals surface area contributed by atoms with Crippen molar-refractivity contribution < 1.29 is 9.18 Å². The second-order valence-corrected chi connectivity index (χ2v) is 5.42. The van der Waals surface area contributed by atoms with Gasteiger partial charge in [0, 0.05) is 0 Å². The Hall–Kier alpha value is -2.16. The van der Waals surface area contributed by atoms with Gasteiger partial charge in [-0.05, 0) is 43.5 Å². The maximum atomic E-state index is 13.5. The zero-order valence-electron chi connectivity index (χ0n) is 12.6. The molecule has 0 aliphatic heterocycles. The topological polar surface area (TPSA) is 29.1 Å². The maximum absolute atomic E-state index is 13.5. The zero-order chi connectivity index (χ0) is 15.4. The molecule has 1 N–H and O–H groups in total. The third kappa shape index (κ3) is 3.91. The van der Waals surface area contributed by atoms with Crippen LogP contribution in [0.3, 0.4) is 0 Å². The van der Waals surface area contributed by atoms with Gasteiger partial charge in [0.2, 0.25) is 5.91 Å². The van der Waals surface area contributed by atoms with E-state index >= 15 is 0 Å². The van der Waals surface area contributed by atoms with Gasteiger partial charge in [-0.2, -0.15) is 0 Å². The van der Waals surface area contributed by atoms with Crippen molar-refractivity contribution in [2.45, 2.75) is 33.2 Å². The molecule has 0 unspecified atom stereocenters. The van der Waals surface area contributed by atoms with Crippen LogP contribution < -0.4 is 5.32 Å². The van der Waals surface area contributed by atoms with E-state index in [0.717, 1.165) is 16.7 Å². The van der Waals surface area contributed by atoms with E-state index in [1.807, 2.05) is 32.9 Å². The summed E-state index contributed by atoms with van der Waals surface area (Å²) in [7, 11) is 0. The molecule has 110 valence electrons. The Morgan fingerprint density at radius 2 is 1.90 bits per heavy atom. The summed E-state index contributed by atoms with van der Waals surface area (Å²) in [5, 5.41) is 2.93. The van der Waals surface area contributed by atoms with Crippen LogP contribution in [0.1, 0.15) is 35.2 Å². The normalized spacial score (nSPS) is 12.0. The second-order valence-electron chi connectivity index (χ2n) is 5.42. The van der Waals surface area contributed by atoms with Gasteiger partial charge in [0.05, 0.1) is 12.5 Å². The van der Waals surface area contributed by atoms with Crippen LogP contribution >= 0.6 is 0 Å². The molecule has 2 aromatic rings. The minimum atomic E-state index is -0.341. The highest BCUT2D eigenvalue weighted by Gasteiger charge is 2.13. The summed E-state index contributed by atoms with van der Waals surface area (Å²) in [6, 6.07) is 12.4. The Morgan fingerprint density at radius 1 is 1.19 bits per heavy atom. The molecule has 1 atom stereocenters. The van der Waals surface area contributed by atoms with Crippen LogP contribution in [0, 0.1) is 19.7 Å². The number of halogens is 1. The molecule has 2 aromatic carbocycles. The van der Waals surface area contributed by atoms with Crippen molar-refractivity contribution in [3.8, 4) is 0 Å². The van der Waals surface area contributed by atoms with Gasteiger partial charge in [-0.3, -0.25) is 4.79 Å². The summed E-state index contributed by atoms with van der Waals surface area (Å²) in [5.74, 6) is -0.513. The molecule has 0 bridgehead atoms. The van der Waals surface area contributed by atoms with Crippen LogP contribution in [0.2, 0.25) is 0 Å². The lowest BCUT2D eigenvalue weighted by atomic mass is 9.99. The van der Waals surface area contributed by atoms with Crippen molar-refractivity contribution in [1.82, 2.24) is 5.32 Å². The van der Waals surface area contributed by atoms with E-state index in [4.69, 9.17) is 0 Å². The van der Waals surface area contributed by atoms with Gasteiger partial charge >= 0.3 is 0 Å². The number of carbonyl (C=O) groups excluding carboxylic acids is 1. The Morgan fingerprint density at radius 3 is 2.62 bits per heavy atom. The van der Waals surface area contributed by atoms with Crippen molar-refractivity contribution in [3.63, 3.8) is 0 Å². The minimum absolute atomic E-state index is 0.0574. The molecule has 0 fully saturated rings. The average molecular weight is 285 g/mol. The number of aryl methyl sites for hydroxylation is 2. The zero-order valence-corrected chi connectivity index (χ0v) is 12.6. The molecule has 0 spiro atoms. The molecule has 2 rings (SSSR count). The first-order valence-electron chi connectivity index (χ1n) is 7.07. The summed E-state index contributed by atoms with van der Waals surface area (Å²) in [6.07, 6.45) is 0.0574. The monoisotopic (exact) mass is 285 g/mol. The Kier molecular flexibility index (Phi) is 4.73. The van der Waals surface area contributed by atoms with E-state index in [2.05, 4.69) is 11.4 Å². The highest BCUT2D eigenvalue weighted by atomic mass is 19.1. The predicted molar refractivity (Wildman–Crippen MR) is 82.6 cm³/mol. The molecule has 0 aliphatic rings. The van der Waals surface area contributed by atoms with Crippen LogP contribution in [0.25, 0.3) is 0 Å². The van der Waals surface area contributed by atoms with Gasteiger partial charge in [-0.25, -0.2) is 4.39 Å². The van der Waals surface area contributed by atoms with Gasteiger partial charge in [-0.15, -0.1) is 0 Å². The number of amides is 1. The van der Waals surface area contributed by atoms with Gasteiger partial charge in [0.25, 0.3) is 0 Å². The third-order valence-electron chi connectivity index (χ3n) is 3.59. The first-order valence-corrected chi connectivity index (χ1v) is 7.07. The van der Waals surface area contributed by atoms with Crippen LogP contribution in [-0.2, 0) is 11.2 Å². The van der Waals surface area contributed by atoms with Gasteiger partial charge in [0.1, 0.15) is 5.82 Å². The molecule has 0 saturated heterocycles. The minimum Gasteiger partial charge on any atom is -0.349 e. The lowest BCUT2D eigenvalue weighted by molar-refractivity contribution is -0.121. The van der Waals surface area contributed by atoms with Crippen molar-refractivity contribution in [3.05, 3.63) is 70.5 Å². The Labute approximate surface area is 125 Å². The van der Waals surface area contributed by atoms with E-state index in [1.165, 1.54) is 6.07 Å². The number of hydrogen-bond acceptors (Lipinski definition) is 1. The lowest BCUT2D eigenvalue weighted by Crippen LogP contribution is -2.28. The average Bonchev–Trinajstić information content (AvgIpc) is 2.44. The molecular weight excluding hydrogens is 265 g/mol. The van der Waals surface area contributed by atoms with Crippen molar-refractivity contribution in [1.29, 1.82) is 0 Å². The summed E-state index contributed by atoms with van der Waals surface area (Å²) in [6.45, 7) is 5.99. The van der Waals surface area contributed by atoms with E-state index in [0.29, 0.717) is 5.56 Å². The van der Waals surface area contributed by atoms with Gasteiger partial charge in [-0.1, -0.05) is 42.0 Å². The van der Waals surface area contributed by atoms with E-state index in [9.17, 15) is 9.18 Å². The first-order chi connectivity index (χ1) is 9.97. The number of rotatable bonds is 4. The molecule has 0 radical (unpaired) electrons. The number of benzene rings is 2. The maximum Gasteiger partial charge on any atom is 0.225 e. The molecule has 3 heteroatoms. The van der Waals surface area contributed by atoms with Crippen LogP contribution in [-0.4, -0.2) is 5.91 Å². The quantitative estimate of drug-likeness (QED) is 0.908. The van der Waals surface area contributed by atoms with Crippen LogP contribution in [0.4, 0.5) is 4.39 Å². The predicted octanol–water partition coefficient (Wildman–Crippen LogP) is 3.86. The molecule has 2 nitrogen and oxygen atoms in total. The van der Waals surface area contributed by atoms with Gasteiger partial charge in [0.15, 0.2) is 0 Å². The summed E-state index contributed by atoms with van der Waals surface area (Å²) in [5.41, 5.74) is 3.81. The first kappa shape index (κ1) is 15.2. The number of hydrogen-bond donors (Lipinski definition) is 1. The van der Waals surface area contributed by atoms with Crippen LogP contribution in [0.5, 0.6) is 0 Å². The smallest absolute Gasteiger partial charge is 0.225 e. The van der Waals surface area contributed by atoms with Crippen molar-refractivity contribution in [2.75, 3.05) is 0 Å². The molecule has 0 heterocycles. The van der Waals surface area contributed by atoms with Crippen LogP contribution in [0.15, 0.2) is 42.5 Å². The summed E-state index contributed by atoms with van der Waals surface area (Å²) < 4.78 is 13.5. The number of nitrogens with one attached hydrogen (secondary N) is 1. The SMILES string of the molecule is Cc1ccc(C)c([C@@H](C)NC(=O)Cc2ccccc2F)c1. The lowest BCUT2D eigenvalue weighted by Gasteiger charge is -2.17. The number of carbonyl (C=O) groups is 1. The van der Waals surface area contributed by atoms with Crippen molar-refractivity contribution >= 4 is 5.91 Å². The van der Waals surface area contributed by atoms with Gasteiger partial charge < -0.3 is 5.32 Å². The summed E-state index contributed by atoms with van der Waals surface area (Å²) >= 11 is 0. The fraction of sp³-hybridized carbons (Fsp3) is 0.278. The molecule has 0 saturated carbocycles. The molecule has 0 aliphatic carbocycles. The fourth-order valence-electron chi connectivity index (χ4n) is 2.41. The van der Waals surface area contributed by atoms with E-state index in [-0.39, 0.29) is 24.2 Å². The molecular formula is C18H20FNO. The third-order valence-corrected chi connectivity index (χ3v) is 3.59. The van der Waals surface area contributed by atoms with E-state index < -0.39 is 0 Å². The fourth-order valence-corrected chi connectivity index (χ4v) is 2.41. The molecule has 21 heavy (non-hydrogen) atoms. The molecule has 0 aromatic heterocycles. The highest BCUT2D eigenvalue weighted by molar-refractivity contribution is 5.79. The van der Waals surface area contributed by atoms with E-state index in [1.54, 1.807) is 18.2 Å². The standard InChI is InChI=1S/C18H20FNO/c1-12-8-9-13(2)16(10-12)14(3)20-18(21)11-15-6-4-5-7-17(15)19/h4-10,14H,11H2,1-3H3,(H,20,21)/t14-/m1/s1. The van der Waals surface area contributed by atoms with Crippen molar-refractivity contribution in [2.24, 2.45) is 0 Å². The second kappa shape index (κ2) is 6.53. The highest BCUT2D eigenvalue weighted by Crippen LogP contribution is 2.19. The Balaban J connectivity index is 2.06.